The summed E-state index contributed by atoms with van der Waals surface area (Å²) in [5, 5.41) is 0. The third-order valence-corrected chi connectivity index (χ3v) is 9.91. The highest BCUT2D eigenvalue weighted by Gasteiger charge is 2.39. The van der Waals surface area contributed by atoms with Crippen molar-refractivity contribution in [2.45, 2.75) is 122 Å². The lowest BCUT2D eigenvalue weighted by molar-refractivity contribution is 0.438. The summed E-state index contributed by atoms with van der Waals surface area (Å²) in [6.07, 6.45) is 13.5. The van der Waals surface area contributed by atoms with Crippen molar-refractivity contribution < 1.29 is 0 Å². The van der Waals surface area contributed by atoms with Gasteiger partial charge in [-0.3, -0.25) is 0 Å². The van der Waals surface area contributed by atoms with Crippen molar-refractivity contribution in [1.29, 1.82) is 0 Å². The van der Waals surface area contributed by atoms with E-state index in [1.165, 1.54) is 97.8 Å². The summed E-state index contributed by atoms with van der Waals surface area (Å²) >= 11 is 0. The third kappa shape index (κ3) is 4.41. The molecule has 1 heteroatoms. The molecule has 200 valence electrons. The number of hydrogen-bond donors (Lipinski definition) is 0. The summed E-state index contributed by atoms with van der Waals surface area (Å²) in [7, 11) is 0. The molecule has 3 aliphatic rings. The molecule has 3 aliphatic carbocycles. The fourth-order valence-electron chi connectivity index (χ4n) is 7.99. The van der Waals surface area contributed by atoms with Crippen LogP contribution in [0, 0.1) is 0 Å². The molecule has 38 heavy (non-hydrogen) atoms. The fraction of sp³-hybridized carbons (Fsp3) is 0.514. The molecule has 2 fully saturated rings. The van der Waals surface area contributed by atoms with Gasteiger partial charge in [0.1, 0.15) is 0 Å². The minimum absolute atomic E-state index is 0.0121. The highest BCUT2D eigenvalue weighted by atomic mass is 15.2. The van der Waals surface area contributed by atoms with Gasteiger partial charge in [0.05, 0.1) is 0 Å². The number of rotatable bonds is 4. The Morgan fingerprint density at radius 3 is 1.84 bits per heavy atom. The quantitative estimate of drug-likeness (QED) is 0.341. The predicted octanol–water partition coefficient (Wildman–Crippen LogP) is 11.0. The van der Waals surface area contributed by atoms with Gasteiger partial charge in [-0.1, -0.05) is 94.8 Å². The van der Waals surface area contributed by atoms with Gasteiger partial charge in [-0.25, -0.2) is 0 Å². The van der Waals surface area contributed by atoms with Crippen LogP contribution < -0.4 is 4.90 Å². The monoisotopic (exact) mass is 505 g/mol. The molecule has 0 atom stereocenters. The number of nitrogens with zero attached hydrogens (tertiary/aromatic N) is 1. The minimum atomic E-state index is -0.0297. The molecular formula is C37H47N. The summed E-state index contributed by atoms with van der Waals surface area (Å²) in [6.45, 7) is 12.1. The molecule has 6 rings (SSSR count). The Morgan fingerprint density at radius 1 is 0.605 bits per heavy atom. The second-order valence-corrected chi connectivity index (χ2v) is 13.9. The first-order valence-electron chi connectivity index (χ1n) is 15.4. The van der Waals surface area contributed by atoms with Crippen LogP contribution in [0.5, 0.6) is 0 Å². The van der Waals surface area contributed by atoms with E-state index in [2.05, 4.69) is 100 Å². The van der Waals surface area contributed by atoms with E-state index in [4.69, 9.17) is 0 Å². The van der Waals surface area contributed by atoms with E-state index in [0.29, 0.717) is 11.8 Å². The zero-order chi connectivity index (χ0) is 26.5. The van der Waals surface area contributed by atoms with E-state index in [-0.39, 0.29) is 11.0 Å². The number of para-hydroxylation sites is 1. The highest BCUT2D eigenvalue weighted by Crippen LogP contribution is 2.54. The average molecular weight is 506 g/mol. The van der Waals surface area contributed by atoms with E-state index in [1.54, 1.807) is 11.1 Å². The molecule has 3 aromatic carbocycles. The Hall–Kier alpha value is -2.54. The topological polar surface area (TPSA) is 3.24 Å². The SMILES string of the molecule is CC1(C)c2ccccc2-c2cc(C3CCCCC3)c(N(c3ccccc3C3CCCCC3)C(C)(C)C)cc21. The van der Waals surface area contributed by atoms with Crippen LogP contribution in [0.3, 0.4) is 0 Å². The van der Waals surface area contributed by atoms with E-state index >= 15 is 0 Å². The molecule has 0 bridgehead atoms. The number of hydrogen-bond acceptors (Lipinski definition) is 1. The molecule has 0 amide bonds. The van der Waals surface area contributed by atoms with Crippen LogP contribution in [0.2, 0.25) is 0 Å². The maximum Gasteiger partial charge on any atom is 0.0454 e. The first-order valence-corrected chi connectivity index (χ1v) is 15.4. The van der Waals surface area contributed by atoms with Gasteiger partial charge in [0, 0.05) is 22.3 Å². The zero-order valence-corrected chi connectivity index (χ0v) is 24.4. The van der Waals surface area contributed by atoms with Crippen LogP contribution in [-0.2, 0) is 5.41 Å². The van der Waals surface area contributed by atoms with Crippen LogP contribution in [0.15, 0.2) is 60.7 Å². The first-order chi connectivity index (χ1) is 18.3. The average Bonchev–Trinajstić information content (AvgIpc) is 3.15. The molecule has 0 spiro atoms. The van der Waals surface area contributed by atoms with Gasteiger partial charge in [0.15, 0.2) is 0 Å². The summed E-state index contributed by atoms with van der Waals surface area (Å²) < 4.78 is 0. The molecular weight excluding hydrogens is 458 g/mol. The number of anilines is 2. The molecule has 1 nitrogen and oxygen atoms in total. The molecule has 0 aliphatic heterocycles. The first kappa shape index (κ1) is 25.7. The molecule has 0 radical (unpaired) electrons. The van der Waals surface area contributed by atoms with Crippen molar-refractivity contribution in [1.82, 2.24) is 0 Å². The summed E-state index contributed by atoms with van der Waals surface area (Å²) in [4.78, 5) is 2.75. The summed E-state index contributed by atoms with van der Waals surface area (Å²) in [5.41, 5.74) is 11.9. The van der Waals surface area contributed by atoms with Crippen LogP contribution in [0.25, 0.3) is 11.1 Å². The van der Waals surface area contributed by atoms with Crippen LogP contribution in [-0.4, -0.2) is 5.54 Å². The second kappa shape index (κ2) is 9.89. The van der Waals surface area contributed by atoms with E-state index in [0.717, 1.165) is 0 Å². The van der Waals surface area contributed by atoms with Gasteiger partial charge < -0.3 is 4.90 Å². The predicted molar refractivity (Wildman–Crippen MR) is 164 cm³/mol. The lowest BCUT2D eigenvalue weighted by atomic mass is 9.78. The minimum Gasteiger partial charge on any atom is -0.336 e. The lowest BCUT2D eigenvalue weighted by Crippen LogP contribution is -2.39. The normalized spacial score (nSPS) is 19.7. The van der Waals surface area contributed by atoms with Gasteiger partial charge in [-0.05, 0) is 110 Å². The van der Waals surface area contributed by atoms with E-state index < -0.39 is 0 Å². The van der Waals surface area contributed by atoms with Gasteiger partial charge in [0.2, 0.25) is 0 Å². The zero-order valence-electron chi connectivity index (χ0n) is 24.4. The third-order valence-electron chi connectivity index (χ3n) is 9.91. The lowest BCUT2D eigenvalue weighted by Gasteiger charge is -2.43. The molecule has 0 N–H and O–H groups in total. The summed E-state index contributed by atoms with van der Waals surface area (Å²) in [6, 6.07) is 23.8. The van der Waals surface area contributed by atoms with Crippen molar-refractivity contribution in [3.8, 4) is 11.1 Å². The van der Waals surface area contributed by atoms with Crippen molar-refractivity contribution in [2.24, 2.45) is 0 Å². The highest BCUT2D eigenvalue weighted by molar-refractivity contribution is 5.85. The number of benzene rings is 3. The van der Waals surface area contributed by atoms with Crippen molar-refractivity contribution in [3.63, 3.8) is 0 Å². The second-order valence-electron chi connectivity index (χ2n) is 13.9. The maximum atomic E-state index is 2.75. The van der Waals surface area contributed by atoms with Crippen LogP contribution >= 0.6 is 0 Å². The van der Waals surface area contributed by atoms with Gasteiger partial charge in [-0.2, -0.15) is 0 Å². The Kier molecular flexibility index (Phi) is 6.69. The van der Waals surface area contributed by atoms with E-state index in [1.807, 2.05) is 0 Å². The molecule has 0 heterocycles. The largest absolute Gasteiger partial charge is 0.336 e. The Balaban J connectivity index is 1.58. The van der Waals surface area contributed by atoms with Gasteiger partial charge >= 0.3 is 0 Å². The maximum absolute atomic E-state index is 2.75. The Labute approximate surface area is 231 Å². The molecule has 0 aromatic heterocycles. The molecule has 0 unspecified atom stereocenters. The van der Waals surface area contributed by atoms with Crippen molar-refractivity contribution in [2.75, 3.05) is 4.90 Å². The van der Waals surface area contributed by atoms with Crippen LogP contribution in [0.4, 0.5) is 11.4 Å². The standard InChI is InChI=1S/C37H47N/c1-36(2,3)38(34-23-15-13-20-28(34)26-16-8-6-9-17-26)35-25-33-31(24-30(35)27-18-10-7-11-19-27)29-21-12-14-22-32(29)37(33,4)5/h12-15,20-27H,6-11,16-19H2,1-5H3. The Morgan fingerprint density at radius 2 is 1.18 bits per heavy atom. The smallest absolute Gasteiger partial charge is 0.0454 e. The van der Waals surface area contributed by atoms with Crippen molar-refractivity contribution in [3.05, 3.63) is 82.9 Å². The molecule has 3 aromatic rings. The number of fused-ring (bicyclic) bond motifs is 3. The van der Waals surface area contributed by atoms with Gasteiger partial charge in [-0.15, -0.1) is 0 Å². The van der Waals surface area contributed by atoms with Gasteiger partial charge in [0.25, 0.3) is 0 Å². The fourth-order valence-corrected chi connectivity index (χ4v) is 7.99. The van der Waals surface area contributed by atoms with Crippen molar-refractivity contribution >= 4 is 11.4 Å². The molecule has 2 saturated carbocycles. The molecule has 0 saturated heterocycles. The van der Waals surface area contributed by atoms with Crippen LogP contribution in [0.1, 0.15) is 133 Å². The Bertz CT molecular complexity index is 1290. The summed E-state index contributed by atoms with van der Waals surface area (Å²) in [5.74, 6) is 1.32. The van der Waals surface area contributed by atoms with E-state index in [9.17, 15) is 0 Å².